The Balaban J connectivity index is 2.07. The zero-order valence-corrected chi connectivity index (χ0v) is 13.9. The molecule has 2 rings (SSSR count). The number of aliphatic hydroxyl groups excluding tert-OH is 4. The molecule has 23 heavy (non-hydrogen) atoms. The Bertz CT molecular complexity index is 362. The maximum atomic E-state index is 10.2. The van der Waals surface area contributed by atoms with Crippen LogP contribution in [0, 0.1) is 5.92 Å². The van der Waals surface area contributed by atoms with E-state index in [-0.39, 0.29) is 31.3 Å². The van der Waals surface area contributed by atoms with E-state index < -0.39 is 24.1 Å². The molecule has 136 valence electrons. The molecule has 2 heterocycles. The van der Waals surface area contributed by atoms with Crippen molar-refractivity contribution in [2.24, 2.45) is 5.92 Å². The first-order valence-electron chi connectivity index (χ1n) is 8.37. The van der Waals surface area contributed by atoms with Crippen LogP contribution in [0.2, 0.25) is 0 Å². The first-order valence-corrected chi connectivity index (χ1v) is 8.37. The molecule has 0 aliphatic carbocycles. The van der Waals surface area contributed by atoms with Crippen LogP contribution in [0.25, 0.3) is 0 Å². The van der Waals surface area contributed by atoms with Gasteiger partial charge in [0.1, 0.15) is 0 Å². The van der Waals surface area contributed by atoms with Crippen LogP contribution in [0.1, 0.15) is 39.0 Å². The third-order valence-electron chi connectivity index (χ3n) is 4.90. The van der Waals surface area contributed by atoms with Gasteiger partial charge in [-0.1, -0.05) is 6.92 Å². The fourth-order valence-corrected chi connectivity index (χ4v) is 3.54. The van der Waals surface area contributed by atoms with Gasteiger partial charge in [0.2, 0.25) is 0 Å². The Morgan fingerprint density at radius 2 is 1.87 bits per heavy atom. The lowest BCUT2D eigenvalue weighted by molar-refractivity contribution is -0.344. The minimum absolute atomic E-state index is 0.0888. The largest absolute Gasteiger partial charge is 0.396 e. The highest BCUT2D eigenvalue weighted by Gasteiger charge is 2.48. The van der Waals surface area contributed by atoms with Gasteiger partial charge in [-0.3, -0.25) is 0 Å². The van der Waals surface area contributed by atoms with Crippen molar-refractivity contribution < 1.29 is 34.6 Å². The van der Waals surface area contributed by atoms with Gasteiger partial charge in [-0.15, -0.1) is 0 Å². The van der Waals surface area contributed by atoms with E-state index in [9.17, 15) is 15.3 Å². The normalized spacial score (nSPS) is 41.0. The topological polar surface area (TPSA) is 109 Å². The summed E-state index contributed by atoms with van der Waals surface area (Å²) in [5, 5.41) is 38.8. The molecule has 0 bridgehead atoms. The van der Waals surface area contributed by atoms with Crippen LogP contribution in [0.4, 0.5) is 0 Å². The molecular weight excluding hydrogens is 304 g/mol. The second kappa shape index (κ2) is 8.20. The van der Waals surface area contributed by atoms with Crippen LogP contribution >= 0.6 is 0 Å². The first kappa shape index (κ1) is 19.1. The summed E-state index contributed by atoms with van der Waals surface area (Å²) in [4.78, 5) is 0. The van der Waals surface area contributed by atoms with Crippen LogP contribution in [-0.2, 0) is 14.2 Å². The molecule has 0 aromatic rings. The van der Waals surface area contributed by atoms with Gasteiger partial charge in [-0.25, -0.2) is 0 Å². The molecule has 7 atom stereocenters. The average Bonchev–Trinajstić information content (AvgIpc) is 2.52. The van der Waals surface area contributed by atoms with Gasteiger partial charge in [0.05, 0.1) is 37.1 Å². The van der Waals surface area contributed by atoms with Crippen molar-refractivity contribution in [3.05, 3.63) is 0 Å². The van der Waals surface area contributed by atoms with Gasteiger partial charge < -0.3 is 34.6 Å². The molecule has 4 N–H and O–H groups in total. The zero-order valence-electron chi connectivity index (χ0n) is 13.9. The molecule has 0 amide bonds. The molecule has 0 aromatic heterocycles. The summed E-state index contributed by atoms with van der Waals surface area (Å²) in [5.41, 5.74) is 0. The van der Waals surface area contributed by atoms with Crippen molar-refractivity contribution >= 4 is 0 Å². The lowest BCUT2D eigenvalue weighted by atomic mass is 9.87. The number of hydrogen-bond donors (Lipinski definition) is 4. The third-order valence-corrected chi connectivity index (χ3v) is 4.90. The Morgan fingerprint density at radius 3 is 2.48 bits per heavy atom. The quantitative estimate of drug-likeness (QED) is 0.532. The molecule has 2 saturated heterocycles. The van der Waals surface area contributed by atoms with E-state index in [4.69, 9.17) is 19.3 Å². The van der Waals surface area contributed by atoms with E-state index in [1.165, 1.54) is 0 Å². The number of rotatable bonds is 6. The molecule has 2 fully saturated rings. The highest BCUT2D eigenvalue weighted by atomic mass is 16.7. The number of methoxy groups -OCH3 is 1. The van der Waals surface area contributed by atoms with E-state index >= 15 is 0 Å². The second-order valence-corrected chi connectivity index (χ2v) is 6.93. The van der Waals surface area contributed by atoms with Crippen LogP contribution in [0.3, 0.4) is 0 Å². The lowest BCUT2D eigenvalue weighted by Crippen LogP contribution is -2.56. The van der Waals surface area contributed by atoms with Crippen LogP contribution in [0.15, 0.2) is 0 Å². The Morgan fingerprint density at radius 1 is 1.17 bits per heavy atom. The molecule has 0 aromatic carbocycles. The van der Waals surface area contributed by atoms with Gasteiger partial charge in [-0.2, -0.15) is 0 Å². The molecular formula is C16H30O7. The Hall–Kier alpha value is -0.280. The Kier molecular flexibility index (Phi) is 6.79. The van der Waals surface area contributed by atoms with Crippen molar-refractivity contribution in [3.63, 3.8) is 0 Å². The van der Waals surface area contributed by atoms with E-state index in [1.807, 2.05) is 0 Å². The summed E-state index contributed by atoms with van der Waals surface area (Å²) < 4.78 is 17.5. The summed E-state index contributed by atoms with van der Waals surface area (Å²) >= 11 is 0. The highest BCUT2D eigenvalue weighted by Crippen LogP contribution is 2.41. The fourth-order valence-electron chi connectivity index (χ4n) is 3.54. The minimum Gasteiger partial charge on any atom is -0.396 e. The maximum absolute atomic E-state index is 10.2. The summed E-state index contributed by atoms with van der Waals surface area (Å²) in [5.74, 6) is -1.22. The molecule has 1 spiro atoms. The standard InChI is InChI=1S/C16H30O7/c1-10(8-17)15(20)5-12-4-13(21-2)7-16(22-12)6-11(19)3-14(9-18)23-16/h10-15,17-20H,3-9H2,1-2H3/t10-,11-,12-,13-,14+,15+,16-/m0/s1. The number of ether oxygens (including phenoxy) is 3. The van der Waals surface area contributed by atoms with E-state index in [2.05, 4.69) is 0 Å². The SMILES string of the molecule is CO[C@H]1C[C@@H](C[C@@H](O)[C@@H](C)CO)O[C@]2(C[C@@H](O)C[C@H](CO)O2)C1. The van der Waals surface area contributed by atoms with Crippen molar-refractivity contribution in [3.8, 4) is 0 Å². The smallest absolute Gasteiger partial charge is 0.174 e. The first-order chi connectivity index (χ1) is 10.9. The van der Waals surface area contributed by atoms with E-state index in [0.717, 1.165) is 0 Å². The average molecular weight is 334 g/mol. The van der Waals surface area contributed by atoms with Gasteiger partial charge in [0.25, 0.3) is 0 Å². The lowest BCUT2D eigenvalue weighted by Gasteiger charge is -2.49. The van der Waals surface area contributed by atoms with Crippen molar-refractivity contribution in [2.45, 2.75) is 75.3 Å². The molecule has 0 saturated carbocycles. The Labute approximate surface area is 137 Å². The van der Waals surface area contributed by atoms with Gasteiger partial charge >= 0.3 is 0 Å². The van der Waals surface area contributed by atoms with Crippen molar-refractivity contribution in [1.82, 2.24) is 0 Å². The number of aliphatic hydroxyl groups is 4. The minimum atomic E-state index is -0.989. The summed E-state index contributed by atoms with van der Waals surface area (Å²) in [7, 11) is 1.62. The number of hydrogen-bond acceptors (Lipinski definition) is 7. The highest BCUT2D eigenvalue weighted by molar-refractivity contribution is 4.91. The predicted octanol–water partition coefficient (Wildman–Crippen LogP) is -0.212. The summed E-state index contributed by atoms with van der Waals surface area (Å²) in [6, 6.07) is 0. The molecule has 0 radical (unpaired) electrons. The zero-order chi connectivity index (χ0) is 17.0. The molecule has 7 nitrogen and oxygen atoms in total. The summed E-state index contributed by atoms with van der Waals surface area (Å²) in [6.07, 6.45) is 0.0502. The van der Waals surface area contributed by atoms with Crippen LogP contribution in [-0.4, -0.2) is 77.1 Å². The van der Waals surface area contributed by atoms with E-state index in [0.29, 0.717) is 32.1 Å². The second-order valence-electron chi connectivity index (χ2n) is 6.93. The van der Waals surface area contributed by atoms with Crippen LogP contribution < -0.4 is 0 Å². The molecule has 7 heteroatoms. The van der Waals surface area contributed by atoms with Gasteiger partial charge in [-0.05, 0) is 0 Å². The fraction of sp³-hybridized carbons (Fsp3) is 1.00. The van der Waals surface area contributed by atoms with Crippen LogP contribution in [0.5, 0.6) is 0 Å². The van der Waals surface area contributed by atoms with E-state index in [1.54, 1.807) is 14.0 Å². The molecule has 2 aliphatic heterocycles. The monoisotopic (exact) mass is 334 g/mol. The predicted molar refractivity (Wildman–Crippen MR) is 81.7 cm³/mol. The van der Waals surface area contributed by atoms with Gasteiger partial charge in [0, 0.05) is 51.7 Å². The molecule has 2 aliphatic rings. The van der Waals surface area contributed by atoms with Crippen molar-refractivity contribution in [1.29, 1.82) is 0 Å². The molecule has 0 unspecified atom stereocenters. The maximum Gasteiger partial charge on any atom is 0.174 e. The summed E-state index contributed by atoms with van der Waals surface area (Å²) in [6.45, 7) is 1.52. The third kappa shape index (κ3) is 4.85. The van der Waals surface area contributed by atoms with Gasteiger partial charge in [0.15, 0.2) is 5.79 Å². The van der Waals surface area contributed by atoms with Crippen molar-refractivity contribution in [2.75, 3.05) is 20.3 Å².